The third kappa shape index (κ3) is 5.88. The van der Waals surface area contributed by atoms with Crippen LogP contribution in [0.3, 0.4) is 0 Å². The molecule has 0 spiro atoms. The van der Waals surface area contributed by atoms with Gasteiger partial charge in [0, 0.05) is 24.0 Å². The van der Waals surface area contributed by atoms with Crippen LogP contribution in [-0.4, -0.2) is 42.6 Å². The number of carbonyl (C=O) groups excluding carboxylic acids is 1. The number of anilines is 3. The van der Waals surface area contributed by atoms with Gasteiger partial charge in [0.25, 0.3) is 5.91 Å². The van der Waals surface area contributed by atoms with Crippen molar-refractivity contribution in [2.75, 3.05) is 16.9 Å². The summed E-state index contributed by atoms with van der Waals surface area (Å²) in [6, 6.07) is 6.96. The van der Waals surface area contributed by atoms with Crippen LogP contribution in [0, 0.1) is 0 Å². The fraction of sp³-hybridized carbons (Fsp3) is 0.421. The first-order valence-corrected chi connectivity index (χ1v) is 11.5. The summed E-state index contributed by atoms with van der Waals surface area (Å²) in [4.78, 5) is 20.4. The molecule has 1 aliphatic rings. The average molecular weight is 419 g/mol. The SMILES string of the molecule is CS(=O)(=O)Cc1ccc(Nc2nc(N[C@@H]3CCCC[C@@H]3N)cnc2C(N)=O)cc1. The minimum absolute atomic E-state index is 0.0173. The lowest BCUT2D eigenvalue weighted by Crippen LogP contribution is -2.42. The highest BCUT2D eigenvalue weighted by molar-refractivity contribution is 7.89. The standard InChI is InChI=1S/C19H26N6O3S/c1-29(27,28)11-12-6-8-13(9-7-12)23-19-17(18(21)26)22-10-16(25-19)24-15-5-3-2-4-14(15)20/h6-10,14-15H,2-5,11,20H2,1H3,(H2,21,26)(H2,23,24,25)/t14-,15+/m0/s1. The maximum atomic E-state index is 11.7. The van der Waals surface area contributed by atoms with Gasteiger partial charge in [-0.1, -0.05) is 25.0 Å². The molecule has 6 N–H and O–H groups in total. The van der Waals surface area contributed by atoms with E-state index >= 15 is 0 Å². The number of benzene rings is 1. The summed E-state index contributed by atoms with van der Waals surface area (Å²) in [5.74, 6) is -0.00776. The van der Waals surface area contributed by atoms with Gasteiger partial charge in [-0.3, -0.25) is 4.79 Å². The van der Waals surface area contributed by atoms with Gasteiger partial charge in [0.05, 0.1) is 11.9 Å². The Morgan fingerprint density at radius 2 is 1.90 bits per heavy atom. The molecule has 156 valence electrons. The Balaban J connectivity index is 1.80. The molecule has 0 bridgehead atoms. The number of nitrogens with zero attached hydrogens (tertiary/aromatic N) is 2. The molecule has 1 heterocycles. The van der Waals surface area contributed by atoms with Crippen molar-refractivity contribution in [2.24, 2.45) is 11.5 Å². The first kappa shape index (κ1) is 21.0. The number of amides is 1. The van der Waals surface area contributed by atoms with E-state index in [4.69, 9.17) is 11.5 Å². The molecule has 2 atom stereocenters. The monoisotopic (exact) mass is 418 g/mol. The normalized spacial score (nSPS) is 19.5. The highest BCUT2D eigenvalue weighted by Gasteiger charge is 2.23. The van der Waals surface area contributed by atoms with Crippen LogP contribution in [0.2, 0.25) is 0 Å². The van der Waals surface area contributed by atoms with Gasteiger partial charge in [0.15, 0.2) is 21.3 Å². The van der Waals surface area contributed by atoms with Crippen molar-refractivity contribution in [1.82, 2.24) is 9.97 Å². The number of aromatic nitrogens is 2. The van der Waals surface area contributed by atoms with E-state index in [2.05, 4.69) is 20.6 Å². The zero-order chi connectivity index (χ0) is 21.0. The van der Waals surface area contributed by atoms with Crippen molar-refractivity contribution >= 4 is 33.1 Å². The van der Waals surface area contributed by atoms with Gasteiger partial charge < -0.3 is 22.1 Å². The molecule has 1 aromatic carbocycles. The van der Waals surface area contributed by atoms with E-state index in [-0.39, 0.29) is 29.3 Å². The van der Waals surface area contributed by atoms with E-state index in [1.807, 2.05) is 0 Å². The van der Waals surface area contributed by atoms with Gasteiger partial charge in [0.1, 0.15) is 5.82 Å². The molecule has 1 aromatic heterocycles. The summed E-state index contributed by atoms with van der Waals surface area (Å²) in [7, 11) is -3.11. The summed E-state index contributed by atoms with van der Waals surface area (Å²) < 4.78 is 22.8. The average Bonchev–Trinajstić information content (AvgIpc) is 2.64. The van der Waals surface area contributed by atoms with Crippen molar-refractivity contribution < 1.29 is 13.2 Å². The number of hydrogen-bond donors (Lipinski definition) is 4. The second kappa shape index (κ2) is 8.75. The molecule has 0 unspecified atom stereocenters. The molecule has 0 radical (unpaired) electrons. The molecule has 10 heteroatoms. The first-order valence-electron chi connectivity index (χ1n) is 9.44. The minimum Gasteiger partial charge on any atom is -0.364 e. The van der Waals surface area contributed by atoms with E-state index in [1.54, 1.807) is 24.3 Å². The minimum atomic E-state index is -3.11. The molecule has 2 aromatic rings. The second-order valence-electron chi connectivity index (χ2n) is 7.41. The molecule has 9 nitrogen and oxygen atoms in total. The molecular formula is C19H26N6O3S. The Labute approximate surface area is 170 Å². The number of sulfone groups is 1. The Morgan fingerprint density at radius 3 is 2.52 bits per heavy atom. The summed E-state index contributed by atoms with van der Waals surface area (Å²) in [6.07, 6.45) is 6.78. The number of nitrogens with two attached hydrogens (primary N) is 2. The van der Waals surface area contributed by atoms with Gasteiger partial charge in [-0.15, -0.1) is 0 Å². The van der Waals surface area contributed by atoms with Crippen LogP contribution in [0.25, 0.3) is 0 Å². The van der Waals surface area contributed by atoms with Crippen LogP contribution in [0.5, 0.6) is 0 Å². The van der Waals surface area contributed by atoms with Crippen molar-refractivity contribution in [1.29, 1.82) is 0 Å². The molecule has 1 saturated carbocycles. The predicted molar refractivity (Wildman–Crippen MR) is 113 cm³/mol. The molecule has 3 rings (SSSR count). The third-order valence-corrected chi connectivity index (χ3v) is 5.66. The van der Waals surface area contributed by atoms with E-state index in [1.165, 1.54) is 12.5 Å². The van der Waals surface area contributed by atoms with E-state index in [0.717, 1.165) is 25.7 Å². The van der Waals surface area contributed by atoms with Gasteiger partial charge in [-0.2, -0.15) is 0 Å². The summed E-state index contributed by atoms with van der Waals surface area (Å²) in [5, 5.41) is 6.34. The second-order valence-corrected chi connectivity index (χ2v) is 9.55. The topological polar surface area (TPSA) is 153 Å². The van der Waals surface area contributed by atoms with E-state index < -0.39 is 15.7 Å². The molecule has 0 aliphatic heterocycles. The predicted octanol–water partition coefficient (Wildman–Crippen LogP) is 1.55. The maximum absolute atomic E-state index is 11.7. The molecule has 29 heavy (non-hydrogen) atoms. The highest BCUT2D eigenvalue weighted by atomic mass is 32.2. The molecular weight excluding hydrogens is 392 g/mol. The summed E-state index contributed by atoms with van der Waals surface area (Å²) in [6.45, 7) is 0. The lowest BCUT2D eigenvalue weighted by molar-refractivity contribution is 0.0996. The van der Waals surface area contributed by atoms with Crippen molar-refractivity contribution in [3.63, 3.8) is 0 Å². The first-order chi connectivity index (χ1) is 13.7. The Bertz CT molecular complexity index is 978. The lowest BCUT2D eigenvalue weighted by atomic mass is 9.91. The fourth-order valence-electron chi connectivity index (χ4n) is 3.38. The van der Waals surface area contributed by atoms with Gasteiger partial charge in [-0.25, -0.2) is 18.4 Å². The van der Waals surface area contributed by atoms with Gasteiger partial charge >= 0.3 is 0 Å². The largest absolute Gasteiger partial charge is 0.364 e. The number of primary amides is 1. The van der Waals surface area contributed by atoms with Crippen molar-refractivity contribution in [3.05, 3.63) is 41.7 Å². The highest BCUT2D eigenvalue weighted by Crippen LogP contribution is 2.23. The quantitative estimate of drug-likeness (QED) is 0.528. The maximum Gasteiger partial charge on any atom is 0.271 e. The Kier molecular flexibility index (Phi) is 6.33. The van der Waals surface area contributed by atoms with E-state index in [9.17, 15) is 13.2 Å². The summed E-state index contributed by atoms with van der Waals surface area (Å²) >= 11 is 0. The third-order valence-electron chi connectivity index (χ3n) is 4.80. The van der Waals surface area contributed by atoms with Gasteiger partial charge in [-0.05, 0) is 30.5 Å². The van der Waals surface area contributed by atoms with Gasteiger partial charge in [0.2, 0.25) is 0 Å². The molecule has 1 fully saturated rings. The smallest absolute Gasteiger partial charge is 0.271 e. The zero-order valence-corrected chi connectivity index (χ0v) is 17.1. The van der Waals surface area contributed by atoms with Crippen LogP contribution < -0.4 is 22.1 Å². The lowest BCUT2D eigenvalue weighted by Gasteiger charge is -2.29. The van der Waals surface area contributed by atoms with Crippen LogP contribution in [-0.2, 0) is 15.6 Å². The molecule has 1 amide bonds. The molecule has 0 saturated heterocycles. The Hall–Kier alpha value is -2.72. The number of rotatable bonds is 7. The fourth-order valence-corrected chi connectivity index (χ4v) is 4.18. The Morgan fingerprint density at radius 1 is 1.21 bits per heavy atom. The zero-order valence-electron chi connectivity index (χ0n) is 16.3. The number of carbonyl (C=O) groups is 1. The van der Waals surface area contributed by atoms with Crippen LogP contribution in [0.4, 0.5) is 17.3 Å². The number of nitrogens with one attached hydrogen (secondary N) is 2. The van der Waals surface area contributed by atoms with Crippen LogP contribution >= 0.6 is 0 Å². The van der Waals surface area contributed by atoms with Crippen LogP contribution in [0.15, 0.2) is 30.5 Å². The molecule has 1 aliphatic carbocycles. The van der Waals surface area contributed by atoms with Crippen molar-refractivity contribution in [3.8, 4) is 0 Å². The van der Waals surface area contributed by atoms with E-state index in [0.29, 0.717) is 17.1 Å². The van der Waals surface area contributed by atoms with Crippen LogP contribution in [0.1, 0.15) is 41.7 Å². The number of hydrogen-bond acceptors (Lipinski definition) is 8. The van der Waals surface area contributed by atoms with Crippen molar-refractivity contribution in [2.45, 2.75) is 43.5 Å². The summed E-state index contributed by atoms with van der Waals surface area (Å²) in [5.41, 5.74) is 12.9.